The van der Waals surface area contributed by atoms with Crippen LogP contribution in [0, 0.1) is 0 Å². The van der Waals surface area contributed by atoms with E-state index in [0.717, 1.165) is 6.42 Å². The van der Waals surface area contributed by atoms with Crippen molar-refractivity contribution < 1.29 is 24.2 Å². The number of aromatic nitrogens is 2. The van der Waals surface area contributed by atoms with Gasteiger partial charge in [0.1, 0.15) is 17.7 Å². The second kappa shape index (κ2) is 10.9. The van der Waals surface area contributed by atoms with Crippen LogP contribution in [0.4, 0.5) is 4.79 Å². The molecule has 3 atom stereocenters. The zero-order valence-corrected chi connectivity index (χ0v) is 16.9. The molecule has 0 saturated carbocycles. The number of imidazole rings is 1. The van der Waals surface area contributed by atoms with E-state index in [9.17, 15) is 14.7 Å². The molecule has 0 saturated heterocycles. The van der Waals surface area contributed by atoms with Gasteiger partial charge in [-0.3, -0.25) is 0 Å². The number of hydrogen-bond acceptors (Lipinski definition) is 6. The Bertz CT molecular complexity index is 566. The summed E-state index contributed by atoms with van der Waals surface area (Å²) < 4.78 is 10.8. The van der Waals surface area contributed by atoms with E-state index < -0.39 is 23.7 Å². The van der Waals surface area contributed by atoms with Gasteiger partial charge in [-0.1, -0.05) is 6.92 Å². The lowest BCUT2D eigenvalue weighted by Crippen LogP contribution is -2.46. The van der Waals surface area contributed by atoms with Gasteiger partial charge in [-0.25, -0.2) is 14.6 Å². The maximum atomic E-state index is 12.7. The Labute approximate surface area is 161 Å². The lowest BCUT2D eigenvalue weighted by molar-refractivity contribution is -0.152. The van der Waals surface area contributed by atoms with Crippen LogP contribution in [-0.4, -0.2) is 51.0 Å². The van der Waals surface area contributed by atoms with Crippen molar-refractivity contribution in [3.05, 3.63) is 18.2 Å². The minimum absolute atomic E-state index is 0.224. The predicted molar refractivity (Wildman–Crippen MR) is 101 cm³/mol. The molecule has 8 heteroatoms. The fourth-order valence-corrected chi connectivity index (χ4v) is 2.49. The van der Waals surface area contributed by atoms with Gasteiger partial charge >= 0.3 is 12.1 Å². The van der Waals surface area contributed by atoms with Gasteiger partial charge in [0, 0.05) is 18.3 Å². The number of amides is 1. The Kier molecular flexibility index (Phi) is 9.28. The Morgan fingerprint density at radius 1 is 1.33 bits per heavy atom. The lowest BCUT2D eigenvalue weighted by Gasteiger charge is -2.24. The number of alkyl carbamates (subject to hydrolysis) is 1. The number of aromatic amines is 1. The molecule has 8 nitrogen and oxygen atoms in total. The van der Waals surface area contributed by atoms with Gasteiger partial charge in [-0.2, -0.15) is 0 Å². The third-order valence-corrected chi connectivity index (χ3v) is 3.84. The van der Waals surface area contributed by atoms with Crippen LogP contribution in [0.1, 0.15) is 66.0 Å². The highest BCUT2D eigenvalue weighted by molar-refractivity contribution is 5.81. The summed E-state index contributed by atoms with van der Waals surface area (Å²) in [5, 5.41) is 12.0. The minimum atomic E-state index is -0.883. The quantitative estimate of drug-likeness (QED) is 0.535. The zero-order valence-electron chi connectivity index (χ0n) is 16.9. The van der Waals surface area contributed by atoms with Gasteiger partial charge in [0.25, 0.3) is 0 Å². The molecule has 0 fully saturated rings. The maximum absolute atomic E-state index is 12.7. The highest BCUT2D eigenvalue weighted by atomic mass is 16.6. The third-order valence-electron chi connectivity index (χ3n) is 3.84. The predicted octanol–water partition coefficient (Wildman–Crippen LogP) is 2.72. The normalized spacial score (nSPS) is 14.9. The first-order chi connectivity index (χ1) is 12.6. The molecule has 1 amide bonds. The second-order valence-electron chi connectivity index (χ2n) is 7.73. The van der Waals surface area contributed by atoms with Crippen molar-refractivity contribution in [1.82, 2.24) is 15.3 Å². The smallest absolute Gasteiger partial charge is 0.408 e. The minimum Gasteiger partial charge on any atom is -0.461 e. The van der Waals surface area contributed by atoms with E-state index in [1.54, 1.807) is 33.9 Å². The first-order valence-electron chi connectivity index (χ1n) is 9.46. The molecule has 0 radical (unpaired) electrons. The van der Waals surface area contributed by atoms with E-state index in [0.29, 0.717) is 25.0 Å². The van der Waals surface area contributed by atoms with Gasteiger partial charge in [0.15, 0.2) is 0 Å². The average Bonchev–Trinajstić information content (AvgIpc) is 3.04. The molecule has 27 heavy (non-hydrogen) atoms. The maximum Gasteiger partial charge on any atom is 0.408 e. The van der Waals surface area contributed by atoms with E-state index in [4.69, 9.17) is 9.47 Å². The Balaban J connectivity index is 2.71. The molecule has 154 valence electrons. The van der Waals surface area contributed by atoms with Crippen LogP contribution < -0.4 is 5.32 Å². The number of esters is 1. The van der Waals surface area contributed by atoms with Crippen LogP contribution in [0.2, 0.25) is 0 Å². The van der Waals surface area contributed by atoms with Crippen LogP contribution >= 0.6 is 0 Å². The summed E-state index contributed by atoms with van der Waals surface area (Å²) in [6.07, 6.45) is 4.75. The Hall–Kier alpha value is -2.09. The molecule has 0 aliphatic carbocycles. The van der Waals surface area contributed by atoms with Crippen molar-refractivity contribution in [2.45, 2.75) is 90.6 Å². The van der Waals surface area contributed by atoms with E-state index in [1.807, 2.05) is 6.92 Å². The largest absolute Gasteiger partial charge is 0.461 e. The standard InChI is InChI=1S/C19H33N3O5/c1-6-15(9-7-8-13(2)23)26-17(24)16(10-14-11-20-12-21-14)22-18(25)27-19(3,4)5/h11-13,15-16,23H,6-10H2,1-5H3,(H,20,21)(H,22,25). The molecule has 0 aromatic carbocycles. The van der Waals surface area contributed by atoms with Gasteiger partial charge < -0.3 is 24.9 Å². The SMILES string of the molecule is CCC(CCCC(C)O)OC(=O)C(Cc1cnc[nH]1)NC(=O)OC(C)(C)C. The molecule has 3 N–H and O–H groups in total. The van der Waals surface area contributed by atoms with E-state index in [-0.39, 0.29) is 18.6 Å². The summed E-state index contributed by atoms with van der Waals surface area (Å²) in [5.74, 6) is -0.514. The number of carbonyl (C=O) groups excluding carboxylic acids is 2. The Morgan fingerprint density at radius 2 is 2.04 bits per heavy atom. The number of ether oxygens (including phenoxy) is 2. The first-order valence-corrected chi connectivity index (χ1v) is 9.46. The highest BCUT2D eigenvalue weighted by Crippen LogP contribution is 2.13. The highest BCUT2D eigenvalue weighted by Gasteiger charge is 2.28. The number of H-pyrrole nitrogens is 1. The molecule has 3 unspecified atom stereocenters. The van der Waals surface area contributed by atoms with Crippen LogP contribution in [0.3, 0.4) is 0 Å². The molecule has 0 aliphatic heterocycles. The van der Waals surface area contributed by atoms with Crippen LogP contribution in [0.15, 0.2) is 12.5 Å². The fourth-order valence-electron chi connectivity index (χ4n) is 2.49. The van der Waals surface area contributed by atoms with Crippen molar-refractivity contribution in [2.75, 3.05) is 0 Å². The van der Waals surface area contributed by atoms with Crippen LogP contribution in [-0.2, 0) is 20.7 Å². The number of hydrogen-bond donors (Lipinski definition) is 3. The molecule has 0 spiro atoms. The van der Waals surface area contributed by atoms with Gasteiger partial charge in [-0.15, -0.1) is 0 Å². The Morgan fingerprint density at radius 3 is 2.56 bits per heavy atom. The molecule has 1 aromatic heterocycles. The first kappa shape index (κ1) is 23.0. The molecule has 1 rings (SSSR count). The van der Waals surface area contributed by atoms with Crippen molar-refractivity contribution in [3.8, 4) is 0 Å². The van der Waals surface area contributed by atoms with Crippen molar-refractivity contribution in [3.63, 3.8) is 0 Å². The van der Waals surface area contributed by atoms with Crippen LogP contribution in [0.25, 0.3) is 0 Å². The molecule has 1 heterocycles. The van der Waals surface area contributed by atoms with E-state index in [2.05, 4.69) is 15.3 Å². The average molecular weight is 383 g/mol. The lowest BCUT2D eigenvalue weighted by atomic mass is 10.1. The van der Waals surface area contributed by atoms with Crippen molar-refractivity contribution in [1.29, 1.82) is 0 Å². The van der Waals surface area contributed by atoms with E-state index in [1.165, 1.54) is 6.33 Å². The summed E-state index contributed by atoms with van der Waals surface area (Å²) in [4.78, 5) is 31.6. The van der Waals surface area contributed by atoms with Gasteiger partial charge in [0.2, 0.25) is 0 Å². The van der Waals surface area contributed by atoms with Gasteiger partial charge in [0.05, 0.1) is 12.4 Å². The summed E-state index contributed by atoms with van der Waals surface area (Å²) in [7, 11) is 0. The van der Waals surface area contributed by atoms with Crippen LogP contribution in [0.5, 0.6) is 0 Å². The summed E-state index contributed by atoms with van der Waals surface area (Å²) in [6, 6.07) is -0.883. The topological polar surface area (TPSA) is 114 Å². The van der Waals surface area contributed by atoms with Gasteiger partial charge in [-0.05, 0) is 53.4 Å². The number of nitrogens with zero attached hydrogens (tertiary/aromatic N) is 1. The number of aliphatic hydroxyl groups is 1. The monoisotopic (exact) mass is 383 g/mol. The number of carbonyl (C=O) groups is 2. The zero-order chi connectivity index (χ0) is 20.4. The van der Waals surface area contributed by atoms with E-state index >= 15 is 0 Å². The summed E-state index contributed by atoms with van der Waals surface area (Å²) in [5.41, 5.74) is 0.0367. The number of nitrogens with one attached hydrogen (secondary N) is 2. The van der Waals surface area contributed by atoms with Crippen molar-refractivity contribution >= 4 is 12.1 Å². The fraction of sp³-hybridized carbons (Fsp3) is 0.737. The second-order valence-corrected chi connectivity index (χ2v) is 7.73. The summed E-state index contributed by atoms with van der Waals surface area (Å²) in [6.45, 7) is 8.93. The third kappa shape index (κ3) is 9.98. The molecule has 0 bridgehead atoms. The number of aliphatic hydroxyl groups excluding tert-OH is 1. The van der Waals surface area contributed by atoms with Crippen molar-refractivity contribution in [2.24, 2.45) is 0 Å². The number of rotatable bonds is 10. The molecular weight excluding hydrogens is 350 g/mol. The summed E-state index contributed by atoms with van der Waals surface area (Å²) >= 11 is 0. The molecular formula is C19H33N3O5. The molecule has 0 aliphatic rings. The molecule has 1 aromatic rings.